The fraction of sp³-hybridized carbons (Fsp3) is 0.300. The lowest BCUT2D eigenvalue weighted by molar-refractivity contribution is -0.142. The van der Waals surface area contributed by atoms with Crippen molar-refractivity contribution in [1.29, 1.82) is 0 Å². The molecule has 0 aliphatic rings. The van der Waals surface area contributed by atoms with Crippen molar-refractivity contribution in [2.75, 3.05) is 6.61 Å². The van der Waals surface area contributed by atoms with Crippen LogP contribution in [0.4, 0.5) is 0 Å². The minimum Gasteiger partial charge on any atom is -0.509 e. The largest absolute Gasteiger partial charge is 0.509 e. The third-order valence-corrected chi connectivity index (χ3v) is 1.30. The van der Waals surface area contributed by atoms with Crippen molar-refractivity contribution >= 4 is 5.97 Å². The first kappa shape index (κ1) is 12.3. The van der Waals surface area contributed by atoms with E-state index in [1.54, 1.807) is 0 Å². The number of esters is 1. The number of hydrogen-bond acceptors (Lipinski definition) is 4. The van der Waals surface area contributed by atoms with Crippen molar-refractivity contribution in [1.82, 2.24) is 0 Å². The number of allylic oxidation sites excluding steroid dienone is 1. The van der Waals surface area contributed by atoms with Gasteiger partial charge in [-0.3, -0.25) is 4.79 Å². The average molecular weight is 198 g/mol. The summed E-state index contributed by atoms with van der Waals surface area (Å²) in [4.78, 5) is 10.9. The molecule has 0 saturated heterocycles. The Bertz CT molecular complexity index is 249. The van der Waals surface area contributed by atoms with Crippen LogP contribution in [0.3, 0.4) is 0 Å². The van der Waals surface area contributed by atoms with Crippen molar-refractivity contribution in [2.45, 2.75) is 13.3 Å². The molecule has 78 valence electrons. The molecule has 0 radical (unpaired) electrons. The summed E-state index contributed by atoms with van der Waals surface area (Å²) in [6.45, 7) is 8.03. The first-order valence-electron chi connectivity index (χ1n) is 4.04. The third kappa shape index (κ3) is 5.03. The molecule has 14 heavy (non-hydrogen) atoms. The molecule has 1 N–H and O–H groups in total. The van der Waals surface area contributed by atoms with E-state index in [9.17, 15) is 4.79 Å². The molecule has 4 heteroatoms. The zero-order chi connectivity index (χ0) is 11.0. The van der Waals surface area contributed by atoms with E-state index in [1.807, 2.05) is 0 Å². The lowest BCUT2D eigenvalue weighted by atomic mass is 10.4. The molecular formula is C10H14O4. The summed E-state index contributed by atoms with van der Waals surface area (Å²) >= 11 is 0. The van der Waals surface area contributed by atoms with Crippen LogP contribution in [0.15, 0.2) is 37.0 Å². The predicted octanol–water partition coefficient (Wildman–Crippen LogP) is 2.06. The second-order valence-corrected chi connectivity index (χ2v) is 2.45. The second kappa shape index (κ2) is 6.77. The van der Waals surface area contributed by atoms with E-state index in [0.717, 1.165) is 6.26 Å². The summed E-state index contributed by atoms with van der Waals surface area (Å²) in [6.07, 6.45) is 2.72. The second-order valence-electron chi connectivity index (χ2n) is 2.45. The van der Waals surface area contributed by atoms with Crippen molar-refractivity contribution in [3.63, 3.8) is 0 Å². The van der Waals surface area contributed by atoms with Crippen molar-refractivity contribution in [3.05, 3.63) is 37.0 Å². The number of ether oxygens (including phenoxy) is 2. The van der Waals surface area contributed by atoms with Crippen LogP contribution in [0.2, 0.25) is 0 Å². The molecule has 4 nitrogen and oxygen atoms in total. The van der Waals surface area contributed by atoms with Crippen LogP contribution in [-0.4, -0.2) is 17.7 Å². The Morgan fingerprint density at radius 3 is 2.57 bits per heavy atom. The van der Waals surface area contributed by atoms with E-state index in [4.69, 9.17) is 14.6 Å². The van der Waals surface area contributed by atoms with Gasteiger partial charge in [0.2, 0.25) is 0 Å². The van der Waals surface area contributed by atoms with Crippen LogP contribution in [0.1, 0.15) is 13.3 Å². The van der Waals surface area contributed by atoms with Gasteiger partial charge in [0.1, 0.15) is 5.76 Å². The monoisotopic (exact) mass is 198 g/mol. The van der Waals surface area contributed by atoms with Gasteiger partial charge in [0.15, 0.2) is 12.4 Å². The van der Waals surface area contributed by atoms with Crippen LogP contribution in [0.5, 0.6) is 0 Å². The molecule has 0 bridgehead atoms. The summed E-state index contributed by atoms with van der Waals surface area (Å²) in [7, 11) is 0. The molecule has 0 rings (SSSR count). The molecule has 0 saturated carbocycles. The zero-order valence-electron chi connectivity index (χ0n) is 8.16. The highest BCUT2D eigenvalue weighted by Crippen LogP contribution is 2.04. The van der Waals surface area contributed by atoms with E-state index in [0.29, 0.717) is 0 Å². The smallest absolute Gasteiger partial charge is 0.310 e. The van der Waals surface area contributed by atoms with E-state index < -0.39 is 5.97 Å². The summed E-state index contributed by atoms with van der Waals surface area (Å²) in [6, 6.07) is 0. The maximum absolute atomic E-state index is 10.9. The van der Waals surface area contributed by atoms with Gasteiger partial charge in [-0.05, 0) is 6.92 Å². The summed E-state index contributed by atoms with van der Waals surface area (Å²) in [5, 5.41) is 9.08. The zero-order valence-corrected chi connectivity index (χ0v) is 8.16. The quantitative estimate of drug-likeness (QED) is 0.403. The van der Waals surface area contributed by atoms with Gasteiger partial charge in [0.05, 0.1) is 12.7 Å². The van der Waals surface area contributed by atoms with Crippen LogP contribution < -0.4 is 0 Å². The first-order valence-corrected chi connectivity index (χ1v) is 4.04. The molecule has 0 aromatic carbocycles. The number of aliphatic hydroxyl groups excluding tert-OH is 1. The summed E-state index contributed by atoms with van der Waals surface area (Å²) in [5.74, 6) is -0.305. The van der Waals surface area contributed by atoms with Gasteiger partial charge in [-0.1, -0.05) is 12.7 Å². The normalized spacial score (nSPS) is 11.2. The lowest BCUT2D eigenvalue weighted by Gasteiger charge is -2.07. The highest BCUT2D eigenvalue weighted by molar-refractivity contribution is 5.71. The van der Waals surface area contributed by atoms with Crippen LogP contribution in [0, 0.1) is 0 Å². The van der Waals surface area contributed by atoms with Gasteiger partial charge < -0.3 is 14.6 Å². The number of rotatable bonds is 6. The maximum atomic E-state index is 10.9. The molecule has 0 amide bonds. The van der Waals surface area contributed by atoms with Gasteiger partial charge in [-0.15, -0.1) is 6.58 Å². The molecule has 0 aromatic rings. The molecule has 0 aromatic heterocycles. The average Bonchev–Trinajstić information content (AvgIpc) is 2.12. The van der Waals surface area contributed by atoms with Gasteiger partial charge in [0.25, 0.3) is 0 Å². The van der Waals surface area contributed by atoms with E-state index in [2.05, 4.69) is 13.2 Å². The SMILES string of the molecule is C=CCC(=O)OC/C(OC=C)=C(\C)O. The molecule has 0 aliphatic heterocycles. The number of carbonyl (C=O) groups is 1. The van der Waals surface area contributed by atoms with E-state index in [1.165, 1.54) is 13.0 Å². The molecule has 0 unspecified atom stereocenters. The third-order valence-electron chi connectivity index (χ3n) is 1.30. The fourth-order valence-corrected chi connectivity index (χ4v) is 0.647. The van der Waals surface area contributed by atoms with Gasteiger partial charge in [-0.2, -0.15) is 0 Å². The molecular weight excluding hydrogens is 184 g/mol. The van der Waals surface area contributed by atoms with Gasteiger partial charge in [0, 0.05) is 0 Å². The fourth-order valence-electron chi connectivity index (χ4n) is 0.647. The summed E-state index contributed by atoms with van der Waals surface area (Å²) < 4.78 is 9.58. The Morgan fingerprint density at radius 1 is 1.50 bits per heavy atom. The topological polar surface area (TPSA) is 55.8 Å². The van der Waals surface area contributed by atoms with Gasteiger partial charge in [-0.25, -0.2) is 0 Å². The number of carbonyl (C=O) groups excluding carboxylic acids is 1. The highest BCUT2D eigenvalue weighted by atomic mass is 16.6. The van der Waals surface area contributed by atoms with E-state index >= 15 is 0 Å². The highest BCUT2D eigenvalue weighted by Gasteiger charge is 2.06. The Morgan fingerprint density at radius 2 is 2.14 bits per heavy atom. The van der Waals surface area contributed by atoms with Crippen molar-refractivity contribution < 1.29 is 19.4 Å². The molecule has 0 aliphatic carbocycles. The lowest BCUT2D eigenvalue weighted by Crippen LogP contribution is -2.08. The molecule has 0 spiro atoms. The molecule has 0 heterocycles. The standard InChI is InChI=1S/C10H14O4/c1-4-6-10(12)14-7-9(8(3)11)13-5-2/h4-5,11H,1-2,6-7H2,3H3/b9-8-. The van der Waals surface area contributed by atoms with Crippen LogP contribution >= 0.6 is 0 Å². The molecule has 0 atom stereocenters. The number of hydrogen-bond donors (Lipinski definition) is 1. The Hall–Kier alpha value is -1.71. The first-order chi connectivity index (χ1) is 6.61. The van der Waals surface area contributed by atoms with Gasteiger partial charge >= 0.3 is 5.97 Å². The van der Waals surface area contributed by atoms with Crippen molar-refractivity contribution in [2.24, 2.45) is 0 Å². The Balaban J connectivity index is 4.07. The van der Waals surface area contributed by atoms with Crippen LogP contribution in [-0.2, 0) is 14.3 Å². The Labute approximate surface area is 83.1 Å². The minimum absolute atomic E-state index is 0.0451. The van der Waals surface area contributed by atoms with Crippen LogP contribution in [0.25, 0.3) is 0 Å². The summed E-state index contributed by atoms with van der Waals surface area (Å²) in [5.41, 5.74) is 0. The molecule has 0 fully saturated rings. The predicted molar refractivity (Wildman–Crippen MR) is 52.4 cm³/mol. The number of aliphatic hydroxyl groups is 1. The Kier molecular flexibility index (Phi) is 5.94. The maximum Gasteiger partial charge on any atom is 0.310 e. The van der Waals surface area contributed by atoms with Crippen molar-refractivity contribution in [3.8, 4) is 0 Å². The van der Waals surface area contributed by atoms with E-state index in [-0.39, 0.29) is 24.5 Å². The minimum atomic E-state index is -0.425.